The Labute approximate surface area is 84.3 Å². The van der Waals surface area contributed by atoms with Crippen molar-refractivity contribution < 1.29 is 8.78 Å². The van der Waals surface area contributed by atoms with Gasteiger partial charge in [0.2, 0.25) is 0 Å². The number of benzene rings is 1. The van der Waals surface area contributed by atoms with Gasteiger partial charge in [0.05, 0.1) is 5.52 Å². The summed E-state index contributed by atoms with van der Waals surface area (Å²) in [6.07, 6.45) is -2.53. The fourth-order valence-electron chi connectivity index (χ4n) is 1.51. The Balaban J connectivity index is 2.76. The van der Waals surface area contributed by atoms with E-state index >= 15 is 0 Å². The van der Waals surface area contributed by atoms with E-state index in [0.29, 0.717) is 16.5 Å². The number of hydrogen-bond acceptors (Lipinski definition) is 2. The van der Waals surface area contributed by atoms with Gasteiger partial charge in [-0.15, -0.1) is 0 Å². The first-order valence-corrected chi connectivity index (χ1v) is 4.30. The molecule has 76 valence electrons. The maximum Gasteiger partial charge on any atom is 0.264 e. The van der Waals surface area contributed by atoms with Crippen LogP contribution in [0.25, 0.3) is 10.9 Å². The van der Waals surface area contributed by atoms with Crippen LogP contribution in [0.4, 0.5) is 8.78 Å². The van der Waals surface area contributed by atoms with Crippen molar-refractivity contribution in [2.75, 3.05) is 0 Å². The summed E-state index contributed by atoms with van der Waals surface area (Å²) in [5, 5.41) is 15.5. The molecule has 1 aromatic carbocycles. The van der Waals surface area contributed by atoms with Crippen molar-refractivity contribution in [3.8, 4) is 6.07 Å². The van der Waals surface area contributed by atoms with Gasteiger partial charge in [0, 0.05) is 10.9 Å². The van der Waals surface area contributed by atoms with Crippen LogP contribution >= 0.6 is 0 Å². The van der Waals surface area contributed by atoms with Crippen LogP contribution in [0.3, 0.4) is 0 Å². The fraction of sp³-hybridized carbons (Fsp3) is 0.200. The summed E-state index contributed by atoms with van der Waals surface area (Å²) in [6.45, 7) is 1.60. The molecule has 2 aromatic rings. The first-order valence-electron chi connectivity index (χ1n) is 4.30. The van der Waals surface area contributed by atoms with Crippen molar-refractivity contribution in [1.82, 2.24) is 10.2 Å². The zero-order chi connectivity index (χ0) is 11.0. The molecule has 1 aromatic heterocycles. The second-order valence-corrected chi connectivity index (χ2v) is 3.24. The predicted octanol–water partition coefficient (Wildman–Crippen LogP) is 2.68. The maximum absolute atomic E-state index is 12.6. The van der Waals surface area contributed by atoms with E-state index in [-0.39, 0.29) is 11.3 Å². The molecular formula is C10H7F2N3. The monoisotopic (exact) mass is 207 g/mol. The van der Waals surface area contributed by atoms with Gasteiger partial charge in [-0.1, -0.05) is 0 Å². The Bertz CT molecular complexity index is 552. The summed E-state index contributed by atoms with van der Waals surface area (Å²) in [5.74, 6) is 0. The van der Waals surface area contributed by atoms with Crippen LogP contribution in [0.5, 0.6) is 0 Å². The molecule has 0 spiro atoms. The lowest BCUT2D eigenvalue weighted by Gasteiger charge is -2.03. The molecule has 15 heavy (non-hydrogen) atoms. The van der Waals surface area contributed by atoms with E-state index in [2.05, 4.69) is 10.2 Å². The Morgan fingerprint density at radius 2 is 2.20 bits per heavy atom. The van der Waals surface area contributed by atoms with E-state index < -0.39 is 6.43 Å². The normalized spacial score (nSPS) is 10.9. The highest BCUT2D eigenvalue weighted by Gasteiger charge is 2.14. The molecule has 0 bridgehead atoms. The lowest BCUT2D eigenvalue weighted by Crippen LogP contribution is -1.89. The summed E-state index contributed by atoms with van der Waals surface area (Å²) in [5.41, 5.74) is 1.19. The first-order chi connectivity index (χ1) is 7.13. The van der Waals surface area contributed by atoms with Crippen molar-refractivity contribution in [3.05, 3.63) is 29.0 Å². The molecule has 0 saturated carbocycles. The highest BCUT2D eigenvalue weighted by molar-refractivity contribution is 5.85. The topological polar surface area (TPSA) is 52.5 Å². The summed E-state index contributed by atoms with van der Waals surface area (Å²) in [6, 6.07) is 4.74. The summed E-state index contributed by atoms with van der Waals surface area (Å²) >= 11 is 0. The zero-order valence-electron chi connectivity index (χ0n) is 7.88. The van der Waals surface area contributed by atoms with Gasteiger partial charge in [0.15, 0.2) is 5.69 Å². The second-order valence-electron chi connectivity index (χ2n) is 3.24. The molecule has 0 unspecified atom stereocenters. The Morgan fingerprint density at radius 1 is 1.47 bits per heavy atom. The second kappa shape index (κ2) is 3.31. The average Bonchev–Trinajstić information content (AvgIpc) is 2.58. The minimum atomic E-state index is -2.53. The number of aromatic nitrogens is 2. The van der Waals surface area contributed by atoms with Gasteiger partial charge in [0.25, 0.3) is 6.43 Å². The van der Waals surface area contributed by atoms with Gasteiger partial charge < -0.3 is 0 Å². The Kier molecular flexibility index (Phi) is 2.12. The number of aryl methyl sites for hydroxylation is 1. The average molecular weight is 207 g/mol. The van der Waals surface area contributed by atoms with Gasteiger partial charge in [-0.25, -0.2) is 8.78 Å². The molecule has 0 radical (unpaired) electrons. The van der Waals surface area contributed by atoms with Crippen LogP contribution in [0.1, 0.15) is 23.2 Å². The van der Waals surface area contributed by atoms with Crippen molar-refractivity contribution in [2.45, 2.75) is 13.3 Å². The summed E-state index contributed by atoms with van der Waals surface area (Å²) in [7, 11) is 0. The molecule has 0 atom stereocenters. The van der Waals surface area contributed by atoms with Crippen LogP contribution in [-0.2, 0) is 0 Å². The molecule has 0 fully saturated rings. The number of fused-ring (bicyclic) bond motifs is 1. The molecule has 0 aliphatic heterocycles. The van der Waals surface area contributed by atoms with E-state index in [0.717, 1.165) is 0 Å². The van der Waals surface area contributed by atoms with E-state index in [4.69, 9.17) is 5.26 Å². The number of rotatable bonds is 1. The van der Waals surface area contributed by atoms with E-state index in [9.17, 15) is 8.78 Å². The molecular weight excluding hydrogens is 200 g/mol. The molecule has 5 heteroatoms. The van der Waals surface area contributed by atoms with Crippen LogP contribution in [0.15, 0.2) is 12.1 Å². The van der Waals surface area contributed by atoms with Gasteiger partial charge in [-0.3, -0.25) is 5.10 Å². The van der Waals surface area contributed by atoms with Crippen LogP contribution in [-0.4, -0.2) is 10.2 Å². The third-order valence-electron chi connectivity index (χ3n) is 2.29. The van der Waals surface area contributed by atoms with Crippen LogP contribution < -0.4 is 0 Å². The number of hydrogen-bond donors (Lipinski definition) is 1. The van der Waals surface area contributed by atoms with Crippen molar-refractivity contribution >= 4 is 10.9 Å². The molecule has 1 N–H and O–H groups in total. The van der Waals surface area contributed by atoms with Crippen molar-refractivity contribution in [3.63, 3.8) is 0 Å². The minimum Gasteiger partial charge on any atom is -0.276 e. The number of alkyl halides is 2. The Morgan fingerprint density at radius 3 is 2.80 bits per heavy atom. The molecule has 0 saturated heterocycles. The molecule has 1 heterocycles. The highest BCUT2D eigenvalue weighted by atomic mass is 19.3. The number of halogens is 2. The summed E-state index contributed by atoms with van der Waals surface area (Å²) < 4.78 is 25.2. The first kappa shape index (κ1) is 9.59. The van der Waals surface area contributed by atoms with Gasteiger partial charge in [0.1, 0.15) is 6.07 Å². The Hall–Kier alpha value is -1.96. The van der Waals surface area contributed by atoms with Gasteiger partial charge in [-0.2, -0.15) is 10.4 Å². The predicted molar refractivity (Wildman–Crippen MR) is 50.5 cm³/mol. The number of nitriles is 1. The lowest BCUT2D eigenvalue weighted by atomic mass is 10.1. The molecule has 0 aliphatic carbocycles. The van der Waals surface area contributed by atoms with Gasteiger partial charge >= 0.3 is 0 Å². The maximum atomic E-state index is 12.6. The van der Waals surface area contributed by atoms with E-state index in [1.807, 2.05) is 6.07 Å². The van der Waals surface area contributed by atoms with E-state index in [1.165, 1.54) is 6.07 Å². The molecule has 3 nitrogen and oxygen atoms in total. The zero-order valence-corrected chi connectivity index (χ0v) is 7.88. The largest absolute Gasteiger partial charge is 0.276 e. The van der Waals surface area contributed by atoms with Crippen molar-refractivity contribution in [2.24, 2.45) is 0 Å². The van der Waals surface area contributed by atoms with Gasteiger partial charge in [-0.05, 0) is 24.6 Å². The highest BCUT2D eigenvalue weighted by Crippen LogP contribution is 2.27. The van der Waals surface area contributed by atoms with Crippen molar-refractivity contribution in [1.29, 1.82) is 5.26 Å². The number of aromatic amines is 1. The van der Waals surface area contributed by atoms with Crippen LogP contribution in [0.2, 0.25) is 0 Å². The minimum absolute atomic E-state index is 0.0552. The SMILES string of the molecule is Cc1cc2[nH]nc(C#N)c2cc1C(F)F. The standard InChI is InChI=1S/C10H7F2N3/c1-5-2-8-7(3-6(5)10(11)12)9(4-13)15-14-8/h2-3,10H,1H3,(H,14,15). The third-order valence-corrected chi connectivity index (χ3v) is 2.29. The molecule has 2 rings (SSSR count). The smallest absolute Gasteiger partial charge is 0.264 e. The third kappa shape index (κ3) is 1.44. The van der Waals surface area contributed by atoms with E-state index in [1.54, 1.807) is 13.0 Å². The number of nitrogens with zero attached hydrogens (tertiary/aromatic N) is 2. The fourth-order valence-corrected chi connectivity index (χ4v) is 1.51. The van der Waals surface area contributed by atoms with Crippen LogP contribution in [0, 0.1) is 18.3 Å². The number of nitrogens with one attached hydrogen (secondary N) is 1. The summed E-state index contributed by atoms with van der Waals surface area (Å²) in [4.78, 5) is 0. The quantitative estimate of drug-likeness (QED) is 0.781. The lowest BCUT2D eigenvalue weighted by molar-refractivity contribution is 0.151. The molecule has 0 aliphatic rings. The molecule has 0 amide bonds. The number of H-pyrrole nitrogens is 1.